The summed E-state index contributed by atoms with van der Waals surface area (Å²) in [6.07, 6.45) is 0. The molecule has 0 atom stereocenters. The molecule has 236 valence electrons. The van der Waals surface area contributed by atoms with Crippen molar-refractivity contribution in [3.63, 3.8) is 0 Å². The van der Waals surface area contributed by atoms with Gasteiger partial charge in [-0.2, -0.15) is 0 Å². The van der Waals surface area contributed by atoms with Crippen LogP contribution in [0.15, 0.2) is 24.3 Å². The summed E-state index contributed by atoms with van der Waals surface area (Å²) < 4.78 is 32.5. The molecule has 1 heterocycles. The Morgan fingerprint density at radius 2 is 1.02 bits per heavy atom. The number of methoxy groups -OCH3 is 2. The van der Waals surface area contributed by atoms with Gasteiger partial charge in [0.1, 0.15) is 11.4 Å². The van der Waals surface area contributed by atoms with Gasteiger partial charge in [0.15, 0.2) is 0 Å². The average Bonchev–Trinajstić information content (AvgIpc) is 2.97. The van der Waals surface area contributed by atoms with Crippen LogP contribution in [0.5, 0.6) is 0 Å². The number of carbonyl (C=O) groups is 2. The van der Waals surface area contributed by atoms with Crippen LogP contribution in [0.3, 0.4) is 0 Å². The number of benzene rings is 1. The Morgan fingerprint density at radius 3 is 1.42 bits per heavy atom. The predicted molar refractivity (Wildman–Crippen MR) is 159 cm³/mol. The number of pyridine rings is 1. The molecule has 0 aliphatic carbocycles. The van der Waals surface area contributed by atoms with Crippen LogP contribution in [-0.4, -0.2) is 121 Å². The second kappa shape index (κ2) is 20.4. The lowest BCUT2D eigenvalue weighted by atomic mass is 10.0. The lowest BCUT2D eigenvalue weighted by Crippen LogP contribution is -2.33. The van der Waals surface area contributed by atoms with Gasteiger partial charge in [-0.05, 0) is 49.2 Å². The number of carboxylic acids is 2. The molecular formula is C31H42N2O10. The highest BCUT2D eigenvalue weighted by Gasteiger charge is 2.15. The fraction of sp³-hybridized carbons (Fsp3) is 0.516. The first-order valence-corrected chi connectivity index (χ1v) is 13.9. The SMILES string of the molecule is COCCOCCOCCN(CCOCCOCCOC)c1c(C)cc(C#Cc2cc(C(=O)O)nc(C(=O)O)c2)cc1C. The summed E-state index contributed by atoms with van der Waals surface area (Å²) in [5.41, 5.74) is 3.21. The van der Waals surface area contributed by atoms with Crippen LogP contribution in [-0.2, 0) is 28.4 Å². The van der Waals surface area contributed by atoms with Crippen molar-refractivity contribution in [3.8, 4) is 11.8 Å². The number of aryl methyl sites for hydroxylation is 2. The zero-order chi connectivity index (χ0) is 31.5. The number of anilines is 1. The van der Waals surface area contributed by atoms with Crippen molar-refractivity contribution in [2.75, 3.05) is 98.3 Å². The molecule has 0 spiro atoms. The van der Waals surface area contributed by atoms with Crippen molar-refractivity contribution in [1.29, 1.82) is 0 Å². The summed E-state index contributed by atoms with van der Waals surface area (Å²) in [5.74, 6) is 3.25. The summed E-state index contributed by atoms with van der Waals surface area (Å²) in [4.78, 5) is 28.6. The van der Waals surface area contributed by atoms with Gasteiger partial charge >= 0.3 is 11.9 Å². The molecule has 1 aromatic carbocycles. The van der Waals surface area contributed by atoms with E-state index in [4.69, 9.17) is 28.4 Å². The van der Waals surface area contributed by atoms with Crippen molar-refractivity contribution in [3.05, 3.63) is 57.9 Å². The first-order chi connectivity index (χ1) is 20.8. The van der Waals surface area contributed by atoms with E-state index >= 15 is 0 Å². The fourth-order valence-electron chi connectivity index (χ4n) is 4.11. The Morgan fingerprint density at radius 1 is 0.651 bits per heavy atom. The summed E-state index contributed by atoms with van der Waals surface area (Å²) in [7, 11) is 3.26. The third-order valence-electron chi connectivity index (χ3n) is 6.04. The number of aromatic nitrogens is 1. The summed E-state index contributed by atoms with van der Waals surface area (Å²) in [6, 6.07) is 6.38. The molecule has 2 rings (SSSR count). The van der Waals surface area contributed by atoms with Crippen LogP contribution in [0.25, 0.3) is 0 Å². The molecule has 2 N–H and O–H groups in total. The van der Waals surface area contributed by atoms with E-state index < -0.39 is 11.9 Å². The molecule has 0 aliphatic rings. The Hall–Kier alpha value is -3.57. The number of ether oxygens (including phenoxy) is 6. The molecule has 0 saturated heterocycles. The number of rotatable bonds is 21. The maximum atomic E-state index is 11.4. The second-order valence-corrected chi connectivity index (χ2v) is 9.37. The molecule has 0 saturated carbocycles. The standard InChI is InChI=1S/C31H42N2O10/c1-23-19-25(5-6-26-21-27(30(34)35)32-28(22-26)31(36)37)20-24(2)29(23)33(7-9-40-15-17-42-13-11-38-3)8-10-41-16-18-43-14-12-39-4/h19-22H,7-18H2,1-4H3,(H,34,35)(H,36,37). The van der Waals surface area contributed by atoms with Gasteiger partial charge in [0, 0.05) is 44.1 Å². The molecule has 0 bridgehead atoms. The lowest BCUT2D eigenvalue weighted by molar-refractivity contribution is 0.0235. The molecule has 43 heavy (non-hydrogen) atoms. The molecule has 12 nitrogen and oxygen atoms in total. The summed E-state index contributed by atoms with van der Waals surface area (Å²) in [5, 5.41) is 18.6. The maximum Gasteiger partial charge on any atom is 0.354 e. The van der Waals surface area contributed by atoms with Crippen LogP contribution in [0.1, 0.15) is 43.2 Å². The number of aromatic carboxylic acids is 2. The first-order valence-electron chi connectivity index (χ1n) is 13.9. The lowest BCUT2D eigenvalue weighted by Gasteiger charge is -2.28. The minimum Gasteiger partial charge on any atom is -0.477 e. The van der Waals surface area contributed by atoms with E-state index in [0.717, 1.165) is 16.8 Å². The fourth-order valence-corrected chi connectivity index (χ4v) is 4.11. The Balaban J connectivity index is 2.14. The quantitative estimate of drug-likeness (QED) is 0.160. The van der Waals surface area contributed by atoms with E-state index in [1.165, 1.54) is 12.1 Å². The van der Waals surface area contributed by atoms with Crippen LogP contribution in [0, 0.1) is 25.7 Å². The highest BCUT2D eigenvalue weighted by atomic mass is 16.5. The molecule has 12 heteroatoms. The van der Waals surface area contributed by atoms with Gasteiger partial charge < -0.3 is 43.5 Å². The maximum absolute atomic E-state index is 11.4. The number of hydrogen-bond acceptors (Lipinski definition) is 10. The Bertz CT molecular complexity index is 1150. The number of hydrogen-bond donors (Lipinski definition) is 2. The van der Waals surface area contributed by atoms with Crippen LogP contribution < -0.4 is 4.90 Å². The molecular weight excluding hydrogens is 560 g/mol. The monoisotopic (exact) mass is 602 g/mol. The first kappa shape index (κ1) is 35.6. The van der Waals surface area contributed by atoms with E-state index in [0.29, 0.717) is 84.7 Å². The number of nitrogens with zero attached hydrogens (tertiary/aromatic N) is 2. The second-order valence-electron chi connectivity index (χ2n) is 9.37. The third kappa shape index (κ3) is 13.5. The van der Waals surface area contributed by atoms with Crippen LogP contribution in [0.4, 0.5) is 5.69 Å². The minimum absolute atomic E-state index is 0.248. The van der Waals surface area contributed by atoms with E-state index in [1.807, 2.05) is 26.0 Å². The zero-order valence-electron chi connectivity index (χ0n) is 25.3. The molecule has 1 aromatic heterocycles. The summed E-state index contributed by atoms with van der Waals surface area (Å²) in [6.45, 7) is 10.3. The van der Waals surface area contributed by atoms with Crippen molar-refractivity contribution in [2.24, 2.45) is 0 Å². The highest BCUT2D eigenvalue weighted by molar-refractivity contribution is 5.90. The molecule has 2 aromatic rings. The molecule has 0 aliphatic heterocycles. The topological polar surface area (TPSA) is 146 Å². The minimum atomic E-state index is -1.33. The molecule has 0 amide bonds. The van der Waals surface area contributed by atoms with E-state index in [-0.39, 0.29) is 17.0 Å². The van der Waals surface area contributed by atoms with Gasteiger partial charge in [-0.1, -0.05) is 11.8 Å². The third-order valence-corrected chi connectivity index (χ3v) is 6.04. The highest BCUT2D eigenvalue weighted by Crippen LogP contribution is 2.26. The van der Waals surface area contributed by atoms with Crippen LogP contribution in [0.2, 0.25) is 0 Å². The van der Waals surface area contributed by atoms with Gasteiger partial charge in [-0.3, -0.25) is 0 Å². The van der Waals surface area contributed by atoms with Crippen molar-refractivity contribution in [2.45, 2.75) is 13.8 Å². The Kier molecular flexibility index (Phi) is 16.9. The largest absolute Gasteiger partial charge is 0.477 e. The van der Waals surface area contributed by atoms with E-state index in [9.17, 15) is 19.8 Å². The van der Waals surface area contributed by atoms with Crippen LogP contribution >= 0.6 is 0 Å². The number of carboxylic acid groups (broad SMARTS) is 2. The van der Waals surface area contributed by atoms with Gasteiger partial charge in [0.25, 0.3) is 0 Å². The Labute approximate surface area is 252 Å². The van der Waals surface area contributed by atoms with Gasteiger partial charge in [0.05, 0.1) is 66.1 Å². The smallest absolute Gasteiger partial charge is 0.354 e. The van der Waals surface area contributed by atoms with Gasteiger partial charge in [-0.15, -0.1) is 0 Å². The zero-order valence-corrected chi connectivity index (χ0v) is 25.3. The van der Waals surface area contributed by atoms with Crippen molar-refractivity contribution >= 4 is 17.6 Å². The van der Waals surface area contributed by atoms with Gasteiger partial charge in [0.2, 0.25) is 0 Å². The normalized spacial score (nSPS) is 10.8. The summed E-state index contributed by atoms with van der Waals surface area (Å²) >= 11 is 0. The molecule has 0 fully saturated rings. The predicted octanol–water partition coefficient (Wildman–Crippen LogP) is 2.66. The van der Waals surface area contributed by atoms with E-state index in [2.05, 4.69) is 21.7 Å². The molecule has 0 unspecified atom stereocenters. The van der Waals surface area contributed by atoms with Crippen molar-refractivity contribution in [1.82, 2.24) is 4.98 Å². The molecule has 0 radical (unpaired) electrons. The average molecular weight is 603 g/mol. The van der Waals surface area contributed by atoms with E-state index in [1.54, 1.807) is 14.2 Å². The van der Waals surface area contributed by atoms with Gasteiger partial charge in [-0.25, -0.2) is 14.6 Å². The van der Waals surface area contributed by atoms with Crippen molar-refractivity contribution < 1.29 is 48.2 Å².